The smallest absolute Gasteiger partial charge is 0.294 e. The molecule has 0 saturated heterocycles. The fourth-order valence-corrected chi connectivity index (χ4v) is 3.00. The fourth-order valence-electron chi connectivity index (χ4n) is 3.00. The van der Waals surface area contributed by atoms with Crippen LogP contribution in [-0.4, -0.2) is 33.8 Å². The zero-order valence-corrected chi connectivity index (χ0v) is 17.2. The largest absolute Gasteiger partial charge is 0.494 e. The normalized spacial score (nSPS) is 10.5. The fraction of sp³-hybridized carbons (Fsp3) is 0.227. The molecule has 3 aromatic rings. The topological polar surface area (TPSA) is 116 Å². The Morgan fingerprint density at radius 2 is 1.94 bits per heavy atom. The highest BCUT2D eigenvalue weighted by Crippen LogP contribution is 2.22. The number of nitrogens with zero attached hydrogens (tertiary/aromatic N) is 3. The Morgan fingerprint density at radius 3 is 2.68 bits per heavy atom. The minimum absolute atomic E-state index is 0.172. The van der Waals surface area contributed by atoms with Crippen LogP contribution in [0.3, 0.4) is 0 Å². The SMILES string of the molecule is Cc1cccc(OCCCNC(=O)c2nn(-c3ccccc3[N+](=O)[O-])c(C)cc2=O)c1. The summed E-state index contributed by atoms with van der Waals surface area (Å²) in [5.74, 6) is 0.103. The highest BCUT2D eigenvalue weighted by molar-refractivity contribution is 5.92. The van der Waals surface area contributed by atoms with Gasteiger partial charge < -0.3 is 10.1 Å². The van der Waals surface area contributed by atoms with Crippen molar-refractivity contribution in [2.24, 2.45) is 0 Å². The van der Waals surface area contributed by atoms with Gasteiger partial charge in [0, 0.05) is 24.4 Å². The molecule has 0 bridgehead atoms. The van der Waals surface area contributed by atoms with Crippen molar-refractivity contribution in [1.82, 2.24) is 15.1 Å². The maximum Gasteiger partial charge on any atom is 0.294 e. The van der Waals surface area contributed by atoms with E-state index in [2.05, 4.69) is 10.4 Å². The van der Waals surface area contributed by atoms with Crippen molar-refractivity contribution in [3.63, 3.8) is 0 Å². The van der Waals surface area contributed by atoms with Gasteiger partial charge in [-0.1, -0.05) is 24.3 Å². The lowest BCUT2D eigenvalue weighted by Crippen LogP contribution is -2.33. The summed E-state index contributed by atoms with van der Waals surface area (Å²) in [6.45, 7) is 4.24. The Labute approximate surface area is 178 Å². The Kier molecular flexibility index (Phi) is 6.76. The number of rotatable bonds is 8. The molecular formula is C22H22N4O5. The molecule has 31 heavy (non-hydrogen) atoms. The van der Waals surface area contributed by atoms with Crippen molar-refractivity contribution in [2.75, 3.05) is 13.2 Å². The van der Waals surface area contributed by atoms with Crippen LogP contribution >= 0.6 is 0 Å². The number of ether oxygens (including phenoxy) is 1. The third kappa shape index (κ3) is 5.33. The maximum atomic E-state index is 12.5. The van der Waals surface area contributed by atoms with E-state index in [0.717, 1.165) is 11.3 Å². The molecule has 0 saturated carbocycles. The summed E-state index contributed by atoms with van der Waals surface area (Å²) in [6, 6.07) is 14.9. The van der Waals surface area contributed by atoms with Crippen molar-refractivity contribution in [1.29, 1.82) is 0 Å². The van der Waals surface area contributed by atoms with Gasteiger partial charge in [-0.2, -0.15) is 5.10 Å². The first kappa shape index (κ1) is 21.7. The van der Waals surface area contributed by atoms with E-state index in [9.17, 15) is 19.7 Å². The number of benzene rings is 2. The predicted octanol–water partition coefficient (Wildman–Crippen LogP) is 2.96. The number of para-hydroxylation sites is 2. The van der Waals surface area contributed by atoms with E-state index in [-0.39, 0.29) is 23.6 Å². The molecule has 1 heterocycles. The van der Waals surface area contributed by atoms with E-state index in [4.69, 9.17) is 4.74 Å². The van der Waals surface area contributed by atoms with E-state index in [1.807, 2.05) is 31.2 Å². The Morgan fingerprint density at radius 1 is 1.16 bits per heavy atom. The van der Waals surface area contributed by atoms with Gasteiger partial charge in [-0.05, 0) is 44.0 Å². The van der Waals surface area contributed by atoms with Gasteiger partial charge in [-0.15, -0.1) is 0 Å². The number of carbonyl (C=O) groups excluding carboxylic acids is 1. The highest BCUT2D eigenvalue weighted by Gasteiger charge is 2.19. The highest BCUT2D eigenvalue weighted by atomic mass is 16.6. The maximum absolute atomic E-state index is 12.5. The van der Waals surface area contributed by atoms with E-state index in [0.29, 0.717) is 18.7 Å². The lowest BCUT2D eigenvalue weighted by Gasteiger charge is -2.12. The second-order valence-corrected chi connectivity index (χ2v) is 6.93. The van der Waals surface area contributed by atoms with Gasteiger partial charge in [0.2, 0.25) is 5.43 Å². The molecule has 9 heteroatoms. The van der Waals surface area contributed by atoms with Gasteiger partial charge in [0.05, 0.1) is 11.5 Å². The molecule has 0 fully saturated rings. The quantitative estimate of drug-likeness (QED) is 0.339. The summed E-state index contributed by atoms with van der Waals surface area (Å²) in [4.78, 5) is 35.6. The van der Waals surface area contributed by atoms with Crippen LogP contribution in [0.1, 0.15) is 28.2 Å². The van der Waals surface area contributed by atoms with Crippen molar-refractivity contribution in [3.05, 3.63) is 91.9 Å². The van der Waals surface area contributed by atoms with Crippen LogP contribution < -0.4 is 15.5 Å². The molecule has 2 aromatic carbocycles. The first-order chi connectivity index (χ1) is 14.9. The number of nitro benzene ring substituents is 1. The predicted molar refractivity (Wildman–Crippen MR) is 115 cm³/mol. The average Bonchev–Trinajstić information content (AvgIpc) is 2.73. The third-order valence-electron chi connectivity index (χ3n) is 4.49. The molecule has 3 rings (SSSR count). The van der Waals surface area contributed by atoms with Gasteiger partial charge in [0.1, 0.15) is 11.4 Å². The van der Waals surface area contributed by atoms with E-state index >= 15 is 0 Å². The van der Waals surface area contributed by atoms with E-state index in [1.165, 1.54) is 28.9 Å². The second kappa shape index (κ2) is 9.66. The number of nitrogens with one attached hydrogen (secondary N) is 1. The molecule has 1 N–H and O–H groups in total. The number of amides is 1. The molecule has 0 aliphatic carbocycles. The van der Waals surface area contributed by atoms with Crippen LogP contribution in [0.25, 0.3) is 5.69 Å². The molecule has 9 nitrogen and oxygen atoms in total. The Hall–Kier alpha value is -4.01. The van der Waals surface area contributed by atoms with Crippen LogP contribution in [-0.2, 0) is 0 Å². The molecule has 1 amide bonds. The van der Waals surface area contributed by atoms with Gasteiger partial charge in [-0.25, -0.2) is 4.68 Å². The van der Waals surface area contributed by atoms with Crippen molar-refractivity contribution in [2.45, 2.75) is 20.3 Å². The number of aromatic nitrogens is 2. The Balaban J connectivity index is 1.68. The van der Waals surface area contributed by atoms with Gasteiger partial charge in [0.25, 0.3) is 11.6 Å². The van der Waals surface area contributed by atoms with Crippen molar-refractivity contribution < 1.29 is 14.5 Å². The first-order valence-corrected chi connectivity index (χ1v) is 9.69. The van der Waals surface area contributed by atoms with Crippen LogP contribution in [0.2, 0.25) is 0 Å². The zero-order chi connectivity index (χ0) is 22.4. The average molecular weight is 422 g/mol. The number of hydrogen-bond donors (Lipinski definition) is 1. The minimum Gasteiger partial charge on any atom is -0.494 e. The molecule has 0 aliphatic rings. The summed E-state index contributed by atoms with van der Waals surface area (Å²) >= 11 is 0. The van der Waals surface area contributed by atoms with Crippen LogP contribution in [0.4, 0.5) is 5.69 Å². The van der Waals surface area contributed by atoms with Crippen molar-refractivity contribution >= 4 is 11.6 Å². The molecule has 0 radical (unpaired) electrons. The first-order valence-electron chi connectivity index (χ1n) is 9.69. The monoisotopic (exact) mass is 422 g/mol. The van der Waals surface area contributed by atoms with Gasteiger partial charge >= 0.3 is 0 Å². The molecular weight excluding hydrogens is 400 g/mol. The molecule has 0 unspecified atom stereocenters. The molecule has 1 aromatic heterocycles. The summed E-state index contributed by atoms with van der Waals surface area (Å²) in [5.41, 5.74) is 0.574. The molecule has 0 atom stereocenters. The Bertz CT molecular complexity index is 1170. The molecule has 0 spiro atoms. The summed E-state index contributed by atoms with van der Waals surface area (Å²) < 4.78 is 6.86. The minimum atomic E-state index is -0.645. The standard InChI is InChI=1S/C22H22N4O5/c1-15-7-5-8-17(13-15)31-12-6-11-23-22(28)21-20(27)14-16(2)25(24-21)18-9-3-4-10-19(18)26(29)30/h3-5,7-10,13-14H,6,11-12H2,1-2H3,(H,23,28). The van der Waals surface area contributed by atoms with Gasteiger partial charge in [0.15, 0.2) is 5.69 Å². The molecule has 0 aliphatic heterocycles. The van der Waals surface area contributed by atoms with Crippen molar-refractivity contribution in [3.8, 4) is 11.4 Å². The second-order valence-electron chi connectivity index (χ2n) is 6.93. The number of carbonyl (C=O) groups is 1. The number of nitro groups is 1. The summed E-state index contributed by atoms with van der Waals surface area (Å²) in [6.07, 6.45) is 0.532. The lowest BCUT2D eigenvalue weighted by atomic mass is 10.2. The number of aryl methyl sites for hydroxylation is 2. The van der Waals surface area contributed by atoms with Crippen LogP contribution in [0, 0.1) is 24.0 Å². The van der Waals surface area contributed by atoms with E-state index in [1.54, 1.807) is 13.0 Å². The van der Waals surface area contributed by atoms with Gasteiger partial charge in [-0.3, -0.25) is 19.7 Å². The van der Waals surface area contributed by atoms with Crippen LogP contribution in [0.15, 0.2) is 59.4 Å². The van der Waals surface area contributed by atoms with Crippen LogP contribution in [0.5, 0.6) is 5.75 Å². The molecule has 160 valence electrons. The summed E-state index contributed by atoms with van der Waals surface area (Å²) in [5, 5.41) is 18.1. The third-order valence-corrected chi connectivity index (χ3v) is 4.49. The number of hydrogen-bond acceptors (Lipinski definition) is 6. The summed E-state index contributed by atoms with van der Waals surface area (Å²) in [7, 11) is 0. The van der Waals surface area contributed by atoms with E-state index < -0.39 is 16.3 Å². The lowest BCUT2D eigenvalue weighted by molar-refractivity contribution is -0.384. The zero-order valence-electron chi connectivity index (χ0n) is 17.2.